The van der Waals surface area contributed by atoms with E-state index in [-0.39, 0.29) is 11.5 Å². The second kappa shape index (κ2) is 7.51. The zero-order chi connectivity index (χ0) is 15.9. The van der Waals surface area contributed by atoms with Crippen LogP contribution in [0, 0.1) is 10.1 Å². The highest BCUT2D eigenvalue weighted by molar-refractivity contribution is 9.10. The summed E-state index contributed by atoms with van der Waals surface area (Å²) in [5, 5.41) is 14.8. The summed E-state index contributed by atoms with van der Waals surface area (Å²) in [5.41, 5.74) is 3.25. The summed E-state index contributed by atoms with van der Waals surface area (Å²) in [6.45, 7) is 2.49. The molecule has 0 fully saturated rings. The Morgan fingerprint density at radius 1 is 1.50 bits per heavy atom. The molecule has 2 aromatic rings. The summed E-state index contributed by atoms with van der Waals surface area (Å²) in [5.74, 6) is 0.835. The van der Waals surface area contributed by atoms with Gasteiger partial charge in [-0.3, -0.25) is 15.5 Å². The van der Waals surface area contributed by atoms with Crippen LogP contribution in [0.1, 0.15) is 12.5 Å². The number of ether oxygens (including phenoxy) is 1. The van der Waals surface area contributed by atoms with E-state index in [2.05, 4.69) is 31.4 Å². The van der Waals surface area contributed by atoms with Gasteiger partial charge in [0.15, 0.2) is 0 Å². The molecule has 0 radical (unpaired) electrons. The summed E-state index contributed by atoms with van der Waals surface area (Å²) in [6.07, 6.45) is 3.00. The van der Waals surface area contributed by atoms with Crippen molar-refractivity contribution in [3.05, 3.63) is 56.7 Å². The molecule has 0 aliphatic heterocycles. The van der Waals surface area contributed by atoms with Gasteiger partial charge >= 0.3 is 5.69 Å². The molecule has 1 aromatic heterocycles. The minimum Gasteiger partial charge on any atom is -0.493 e. The molecular formula is C14H13BrN4O3. The van der Waals surface area contributed by atoms with Crippen molar-refractivity contribution < 1.29 is 9.66 Å². The van der Waals surface area contributed by atoms with Crippen LogP contribution < -0.4 is 10.2 Å². The number of aromatic nitrogens is 1. The Hall–Kier alpha value is -2.48. The van der Waals surface area contributed by atoms with E-state index in [4.69, 9.17) is 4.74 Å². The van der Waals surface area contributed by atoms with Gasteiger partial charge in [-0.05, 0) is 52.7 Å². The summed E-state index contributed by atoms with van der Waals surface area (Å²) < 4.78 is 6.22. The lowest BCUT2D eigenvalue weighted by Crippen LogP contribution is -1.99. The van der Waals surface area contributed by atoms with Gasteiger partial charge in [0.1, 0.15) is 5.75 Å². The largest absolute Gasteiger partial charge is 0.493 e. The van der Waals surface area contributed by atoms with Crippen molar-refractivity contribution in [2.24, 2.45) is 5.10 Å². The number of nitro groups is 1. The molecule has 0 saturated carbocycles. The quantitative estimate of drug-likeness (QED) is 0.480. The van der Waals surface area contributed by atoms with E-state index >= 15 is 0 Å². The van der Waals surface area contributed by atoms with E-state index < -0.39 is 4.92 Å². The highest BCUT2D eigenvalue weighted by atomic mass is 79.9. The molecule has 0 spiro atoms. The van der Waals surface area contributed by atoms with Crippen LogP contribution in [0.4, 0.5) is 11.5 Å². The first-order chi connectivity index (χ1) is 10.6. The fourth-order valence-corrected chi connectivity index (χ4v) is 2.18. The molecule has 8 heteroatoms. The van der Waals surface area contributed by atoms with Crippen LogP contribution in [-0.4, -0.2) is 22.7 Å². The van der Waals surface area contributed by atoms with Gasteiger partial charge in [-0.25, -0.2) is 4.98 Å². The van der Waals surface area contributed by atoms with Gasteiger partial charge in [0.25, 0.3) is 0 Å². The molecule has 7 nitrogen and oxygen atoms in total. The Labute approximate surface area is 135 Å². The molecule has 2 rings (SSSR count). The number of halogens is 1. The number of rotatable bonds is 6. The van der Waals surface area contributed by atoms with Gasteiger partial charge < -0.3 is 4.74 Å². The zero-order valence-corrected chi connectivity index (χ0v) is 13.3. The molecule has 0 amide bonds. The molecule has 0 atom stereocenters. The molecule has 0 unspecified atom stereocenters. The van der Waals surface area contributed by atoms with Crippen molar-refractivity contribution in [2.75, 3.05) is 12.0 Å². The normalized spacial score (nSPS) is 10.6. The fraction of sp³-hybridized carbons (Fsp3) is 0.143. The number of anilines is 1. The van der Waals surface area contributed by atoms with Gasteiger partial charge in [-0.2, -0.15) is 5.10 Å². The topological polar surface area (TPSA) is 89.7 Å². The Balaban J connectivity index is 2.10. The van der Waals surface area contributed by atoms with Gasteiger partial charge in [0.05, 0.1) is 22.2 Å². The van der Waals surface area contributed by atoms with Crippen molar-refractivity contribution >= 4 is 33.6 Å². The third kappa shape index (κ3) is 4.01. The van der Waals surface area contributed by atoms with Crippen molar-refractivity contribution in [3.8, 4) is 5.75 Å². The number of benzene rings is 1. The lowest BCUT2D eigenvalue weighted by atomic mass is 10.2. The number of nitrogens with zero attached hydrogens (tertiary/aromatic N) is 3. The van der Waals surface area contributed by atoms with Gasteiger partial charge in [0.2, 0.25) is 5.82 Å². The standard InChI is InChI=1S/C14H13BrN4O3/c1-2-22-13-6-5-10(8-11(13)15)9-17-18-14-12(19(20)21)4-3-7-16-14/h3-9H,2H2,1H3,(H,16,18)/b17-9-. The van der Waals surface area contributed by atoms with Crippen molar-refractivity contribution in [2.45, 2.75) is 6.92 Å². The van der Waals surface area contributed by atoms with Crippen molar-refractivity contribution in [1.82, 2.24) is 4.98 Å². The third-order valence-corrected chi connectivity index (χ3v) is 3.24. The van der Waals surface area contributed by atoms with Crippen LogP contribution in [0.15, 0.2) is 46.1 Å². The average molecular weight is 365 g/mol. The Kier molecular flexibility index (Phi) is 5.42. The lowest BCUT2D eigenvalue weighted by molar-refractivity contribution is -0.384. The molecule has 22 heavy (non-hydrogen) atoms. The summed E-state index contributed by atoms with van der Waals surface area (Å²) >= 11 is 3.41. The molecular weight excluding hydrogens is 352 g/mol. The first kappa shape index (κ1) is 15.9. The van der Waals surface area contributed by atoms with E-state index in [1.807, 2.05) is 25.1 Å². The summed E-state index contributed by atoms with van der Waals surface area (Å²) in [7, 11) is 0. The maximum atomic E-state index is 10.9. The minimum absolute atomic E-state index is 0.0914. The van der Waals surface area contributed by atoms with Crippen LogP contribution in [-0.2, 0) is 0 Å². The van der Waals surface area contributed by atoms with Gasteiger partial charge in [-0.15, -0.1) is 0 Å². The van der Waals surface area contributed by atoms with Crippen LogP contribution in [0.2, 0.25) is 0 Å². The Morgan fingerprint density at radius 3 is 3.00 bits per heavy atom. The van der Waals surface area contributed by atoms with Gasteiger partial charge in [-0.1, -0.05) is 0 Å². The van der Waals surface area contributed by atoms with E-state index in [1.165, 1.54) is 18.3 Å². The third-order valence-electron chi connectivity index (χ3n) is 2.62. The van der Waals surface area contributed by atoms with Crippen LogP contribution in [0.3, 0.4) is 0 Å². The van der Waals surface area contributed by atoms with E-state index in [0.29, 0.717) is 6.61 Å². The minimum atomic E-state index is -0.516. The fourth-order valence-electron chi connectivity index (χ4n) is 1.67. The van der Waals surface area contributed by atoms with Gasteiger partial charge in [0, 0.05) is 12.3 Å². The maximum absolute atomic E-state index is 10.9. The molecule has 1 N–H and O–H groups in total. The molecule has 0 aliphatic carbocycles. The number of pyridine rings is 1. The predicted octanol–water partition coefficient (Wildman–Crippen LogP) is 3.60. The summed E-state index contributed by atoms with van der Waals surface area (Å²) in [4.78, 5) is 14.2. The van der Waals surface area contributed by atoms with Crippen LogP contribution in [0.25, 0.3) is 0 Å². The van der Waals surface area contributed by atoms with E-state index in [0.717, 1.165) is 15.8 Å². The van der Waals surface area contributed by atoms with E-state index in [9.17, 15) is 10.1 Å². The number of hydrogen-bond acceptors (Lipinski definition) is 6. The average Bonchev–Trinajstić information content (AvgIpc) is 2.50. The highest BCUT2D eigenvalue weighted by Crippen LogP contribution is 2.25. The number of nitrogens with one attached hydrogen (secondary N) is 1. The second-order valence-corrected chi connectivity index (χ2v) is 4.98. The van der Waals surface area contributed by atoms with Crippen LogP contribution >= 0.6 is 15.9 Å². The lowest BCUT2D eigenvalue weighted by Gasteiger charge is -2.05. The zero-order valence-electron chi connectivity index (χ0n) is 11.7. The van der Waals surface area contributed by atoms with E-state index in [1.54, 1.807) is 6.21 Å². The molecule has 1 aromatic carbocycles. The molecule has 0 aliphatic rings. The predicted molar refractivity (Wildman–Crippen MR) is 87.4 cm³/mol. The highest BCUT2D eigenvalue weighted by Gasteiger charge is 2.12. The van der Waals surface area contributed by atoms with Crippen molar-refractivity contribution in [3.63, 3.8) is 0 Å². The van der Waals surface area contributed by atoms with Crippen LogP contribution in [0.5, 0.6) is 5.75 Å². The Bertz CT molecular complexity index is 706. The summed E-state index contributed by atoms with van der Waals surface area (Å²) in [6, 6.07) is 8.34. The molecule has 1 heterocycles. The first-order valence-electron chi connectivity index (χ1n) is 6.42. The van der Waals surface area contributed by atoms with Crippen molar-refractivity contribution in [1.29, 1.82) is 0 Å². The molecule has 114 valence electrons. The number of hydrazone groups is 1. The smallest absolute Gasteiger partial charge is 0.313 e. The monoisotopic (exact) mass is 364 g/mol. The number of hydrogen-bond donors (Lipinski definition) is 1. The SMILES string of the molecule is CCOc1ccc(/C=N\Nc2ncccc2[N+](=O)[O-])cc1Br. The maximum Gasteiger partial charge on any atom is 0.313 e. The Morgan fingerprint density at radius 2 is 2.32 bits per heavy atom. The molecule has 0 bridgehead atoms. The first-order valence-corrected chi connectivity index (χ1v) is 7.22. The second-order valence-electron chi connectivity index (χ2n) is 4.12. The molecule has 0 saturated heterocycles.